The van der Waals surface area contributed by atoms with Gasteiger partial charge in [-0.1, -0.05) is 27.4 Å². The Kier molecular flexibility index (Phi) is 4.54. The number of aliphatic carboxylic acids is 1. The minimum atomic E-state index is -0.912. The number of likely N-dealkylation sites (tertiary alicyclic amines) is 1. The van der Waals surface area contributed by atoms with Gasteiger partial charge in [0.05, 0.1) is 0 Å². The molecule has 0 spiro atoms. The fourth-order valence-corrected chi connectivity index (χ4v) is 2.11. The Morgan fingerprint density at radius 3 is 2.50 bits per heavy atom. The Bertz CT molecular complexity index is 360. The van der Waals surface area contributed by atoms with Crippen LogP contribution < -0.4 is 0 Å². The highest BCUT2D eigenvalue weighted by Crippen LogP contribution is 2.31. The second-order valence-electron chi connectivity index (χ2n) is 5.56. The lowest BCUT2D eigenvalue weighted by atomic mass is 9.81. The molecule has 4 heteroatoms. The number of amides is 1. The molecule has 0 aromatic carbocycles. The second kappa shape index (κ2) is 5.55. The topological polar surface area (TPSA) is 57.6 Å². The van der Waals surface area contributed by atoms with Gasteiger partial charge in [-0.05, 0) is 31.1 Å². The molecule has 0 unspecified atom stereocenters. The number of carboxylic acid groups (broad SMARTS) is 1. The van der Waals surface area contributed by atoms with Crippen LogP contribution in [0.25, 0.3) is 0 Å². The zero-order valence-corrected chi connectivity index (χ0v) is 11.5. The maximum Gasteiger partial charge on any atom is 0.326 e. The molecule has 4 nitrogen and oxygen atoms in total. The van der Waals surface area contributed by atoms with Crippen molar-refractivity contribution in [3.63, 3.8) is 0 Å². The first-order chi connectivity index (χ1) is 8.31. The minimum absolute atomic E-state index is 0.200. The molecule has 0 aliphatic carbocycles. The van der Waals surface area contributed by atoms with Crippen LogP contribution in [0.4, 0.5) is 0 Å². The van der Waals surface area contributed by atoms with E-state index in [0.717, 1.165) is 19.3 Å². The lowest BCUT2D eigenvalue weighted by Crippen LogP contribution is -2.49. The van der Waals surface area contributed by atoms with E-state index in [-0.39, 0.29) is 11.3 Å². The normalized spacial score (nSPS) is 20.6. The van der Waals surface area contributed by atoms with E-state index >= 15 is 0 Å². The first-order valence-corrected chi connectivity index (χ1v) is 6.54. The van der Waals surface area contributed by atoms with Gasteiger partial charge in [-0.15, -0.1) is 0 Å². The van der Waals surface area contributed by atoms with Crippen LogP contribution in [0.5, 0.6) is 0 Å². The monoisotopic (exact) mass is 253 g/mol. The molecular weight excluding hydrogens is 230 g/mol. The molecular formula is C14H23NO3. The average Bonchev–Trinajstić information content (AvgIpc) is 2.36. The first-order valence-electron chi connectivity index (χ1n) is 6.54. The third-order valence-corrected chi connectivity index (χ3v) is 4.01. The fraction of sp³-hybridized carbons (Fsp3) is 0.714. The van der Waals surface area contributed by atoms with Crippen molar-refractivity contribution < 1.29 is 14.7 Å². The lowest BCUT2D eigenvalue weighted by Gasteiger charge is -2.36. The maximum atomic E-state index is 12.4. The molecule has 18 heavy (non-hydrogen) atoms. The summed E-state index contributed by atoms with van der Waals surface area (Å²) in [7, 11) is 0. The quantitative estimate of drug-likeness (QED) is 0.783. The lowest BCUT2D eigenvalue weighted by molar-refractivity contribution is -0.150. The molecule has 1 atom stereocenters. The van der Waals surface area contributed by atoms with Crippen molar-refractivity contribution in [2.24, 2.45) is 5.41 Å². The van der Waals surface area contributed by atoms with Crippen molar-refractivity contribution >= 4 is 11.9 Å². The molecule has 0 aromatic heterocycles. The van der Waals surface area contributed by atoms with E-state index in [1.165, 1.54) is 4.90 Å². The van der Waals surface area contributed by atoms with Crippen molar-refractivity contribution in [1.29, 1.82) is 0 Å². The molecule has 102 valence electrons. The van der Waals surface area contributed by atoms with Gasteiger partial charge in [-0.25, -0.2) is 4.79 Å². The summed E-state index contributed by atoms with van der Waals surface area (Å²) in [4.78, 5) is 25.0. The van der Waals surface area contributed by atoms with E-state index in [2.05, 4.69) is 6.58 Å². The van der Waals surface area contributed by atoms with Gasteiger partial charge in [-0.3, -0.25) is 4.79 Å². The smallest absolute Gasteiger partial charge is 0.326 e. The highest BCUT2D eigenvalue weighted by Gasteiger charge is 2.36. The van der Waals surface area contributed by atoms with E-state index in [1.54, 1.807) is 0 Å². The first kappa shape index (κ1) is 14.7. The molecule has 1 aliphatic heterocycles. The molecule has 1 N–H and O–H groups in total. The number of carbonyl (C=O) groups is 2. The molecule has 0 bridgehead atoms. The Morgan fingerprint density at radius 2 is 2.00 bits per heavy atom. The highest BCUT2D eigenvalue weighted by molar-refractivity contribution is 5.96. The predicted molar refractivity (Wildman–Crippen MR) is 70.2 cm³/mol. The third kappa shape index (κ3) is 2.92. The molecule has 0 radical (unpaired) electrons. The summed E-state index contributed by atoms with van der Waals surface area (Å²) in [5, 5.41) is 9.18. The van der Waals surface area contributed by atoms with Crippen LogP contribution in [-0.2, 0) is 9.59 Å². The van der Waals surface area contributed by atoms with Crippen LogP contribution in [-0.4, -0.2) is 34.5 Å². The SMILES string of the molecule is C=C(C(=O)N1CCCC[C@H]1C(=O)O)C(C)(C)CC. The molecule has 1 heterocycles. The average molecular weight is 253 g/mol. The van der Waals surface area contributed by atoms with E-state index in [4.69, 9.17) is 0 Å². The van der Waals surface area contributed by atoms with E-state index in [0.29, 0.717) is 18.5 Å². The number of piperidine rings is 1. The van der Waals surface area contributed by atoms with Crippen molar-refractivity contribution in [3.05, 3.63) is 12.2 Å². The Balaban J connectivity index is 2.87. The number of carbonyl (C=O) groups excluding carboxylic acids is 1. The number of rotatable bonds is 4. The van der Waals surface area contributed by atoms with Crippen molar-refractivity contribution in [2.45, 2.75) is 52.5 Å². The number of nitrogens with zero attached hydrogens (tertiary/aromatic N) is 1. The number of carboxylic acids is 1. The fourth-order valence-electron chi connectivity index (χ4n) is 2.11. The number of hydrogen-bond donors (Lipinski definition) is 1. The van der Waals surface area contributed by atoms with Crippen LogP contribution in [0.3, 0.4) is 0 Å². The van der Waals surface area contributed by atoms with Gasteiger partial charge >= 0.3 is 5.97 Å². The third-order valence-electron chi connectivity index (χ3n) is 4.01. The van der Waals surface area contributed by atoms with Gasteiger partial charge in [0.15, 0.2) is 0 Å². The van der Waals surface area contributed by atoms with Gasteiger partial charge in [-0.2, -0.15) is 0 Å². The van der Waals surface area contributed by atoms with E-state index < -0.39 is 12.0 Å². The van der Waals surface area contributed by atoms with Crippen LogP contribution in [0, 0.1) is 5.41 Å². The predicted octanol–water partition coefficient (Wildman–Crippen LogP) is 2.44. The molecule has 1 aliphatic rings. The minimum Gasteiger partial charge on any atom is -0.480 e. The summed E-state index contributed by atoms with van der Waals surface area (Å²) in [5.74, 6) is -1.11. The van der Waals surface area contributed by atoms with Gasteiger partial charge in [0.1, 0.15) is 6.04 Å². The summed E-state index contributed by atoms with van der Waals surface area (Å²) in [6, 6.07) is -0.685. The second-order valence-corrected chi connectivity index (χ2v) is 5.56. The van der Waals surface area contributed by atoms with Crippen molar-refractivity contribution in [2.75, 3.05) is 6.54 Å². The molecule has 0 aromatic rings. The number of hydrogen-bond acceptors (Lipinski definition) is 2. The van der Waals surface area contributed by atoms with Crippen LogP contribution in [0.15, 0.2) is 12.2 Å². The highest BCUT2D eigenvalue weighted by atomic mass is 16.4. The summed E-state index contributed by atoms with van der Waals surface area (Å²) in [6.07, 6.45) is 3.09. The molecule has 1 amide bonds. The van der Waals surface area contributed by atoms with E-state index in [9.17, 15) is 14.7 Å². The maximum absolute atomic E-state index is 12.4. The van der Waals surface area contributed by atoms with Gasteiger partial charge in [0, 0.05) is 12.1 Å². The molecule has 1 saturated heterocycles. The zero-order chi connectivity index (χ0) is 13.9. The summed E-state index contributed by atoms with van der Waals surface area (Å²) in [5.41, 5.74) is 0.232. The summed E-state index contributed by atoms with van der Waals surface area (Å²) < 4.78 is 0. The molecule has 1 fully saturated rings. The van der Waals surface area contributed by atoms with Crippen molar-refractivity contribution in [3.8, 4) is 0 Å². The van der Waals surface area contributed by atoms with Gasteiger partial charge < -0.3 is 10.0 Å². The van der Waals surface area contributed by atoms with Gasteiger partial charge in [0.2, 0.25) is 5.91 Å². The van der Waals surface area contributed by atoms with Crippen LogP contribution in [0.2, 0.25) is 0 Å². The van der Waals surface area contributed by atoms with Gasteiger partial charge in [0.25, 0.3) is 0 Å². The van der Waals surface area contributed by atoms with Crippen molar-refractivity contribution in [1.82, 2.24) is 4.90 Å². The van der Waals surface area contributed by atoms with E-state index in [1.807, 2.05) is 20.8 Å². The van der Waals surface area contributed by atoms with Crippen LogP contribution in [0.1, 0.15) is 46.5 Å². The van der Waals surface area contributed by atoms with Crippen LogP contribution >= 0.6 is 0 Å². The summed E-state index contributed by atoms with van der Waals surface area (Å²) in [6.45, 7) is 10.3. The largest absolute Gasteiger partial charge is 0.480 e. The Labute approximate surface area is 109 Å². The molecule has 1 rings (SSSR count). The zero-order valence-electron chi connectivity index (χ0n) is 11.5. The standard InChI is InChI=1S/C14H23NO3/c1-5-14(3,4)10(2)12(16)15-9-7-6-8-11(15)13(17)18/h11H,2,5-9H2,1,3-4H3,(H,17,18)/t11-/m0/s1. The Hall–Kier alpha value is -1.32. The Morgan fingerprint density at radius 1 is 1.39 bits per heavy atom. The molecule has 0 saturated carbocycles. The summed E-state index contributed by atoms with van der Waals surface area (Å²) >= 11 is 0.